The summed E-state index contributed by atoms with van der Waals surface area (Å²) in [6, 6.07) is 9.81. The molecule has 0 amide bonds. The van der Waals surface area contributed by atoms with Crippen molar-refractivity contribution in [3.8, 4) is 23.0 Å². The maximum Gasteiger partial charge on any atom is 0.387 e. The molecule has 214 valence electrons. The summed E-state index contributed by atoms with van der Waals surface area (Å²) in [7, 11) is 3.07. The van der Waals surface area contributed by atoms with E-state index in [2.05, 4.69) is 9.72 Å². The third-order valence-electron chi connectivity index (χ3n) is 6.11. The second kappa shape index (κ2) is 14.1. The van der Waals surface area contributed by atoms with Crippen molar-refractivity contribution in [1.29, 1.82) is 0 Å². The Morgan fingerprint density at radius 1 is 1.00 bits per heavy atom. The summed E-state index contributed by atoms with van der Waals surface area (Å²) in [6.07, 6.45) is 4.16. The van der Waals surface area contributed by atoms with Crippen LogP contribution in [-0.2, 0) is 16.9 Å². The number of alkyl halides is 2. The van der Waals surface area contributed by atoms with Gasteiger partial charge in [0.1, 0.15) is 6.10 Å². The number of pyridine rings is 1. The van der Waals surface area contributed by atoms with Crippen LogP contribution in [0.2, 0.25) is 10.0 Å². The largest absolute Gasteiger partial charge is 0.493 e. The van der Waals surface area contributed by atoms with Crippen LogP contribution in [0.3, 0.4) is 0 Å². The highest BCUT2D eigenvalue weighted by Gasteiger charge is 2.26. The molecule has 12 heteroatoms. The fourth-order valence-electron chi connectivity index (χ4n) is 3.83. The molecule has 1 aliphatic rings. The number of aromatic nitrogens is 1. The highest BCUT2D eigenvalue weighted by atomic mass is 35.5. The first-order valence-electron chi connectivity index (χ1n) is 12.3. The summed E-state index contributed by atoms with van der Waals surface area (Å²) >= 11 is 13.7. The van der Waals surface area contributed by atoms with Crippen molar-refractivity contribution >= 4 is 40.3 Å². The minimum absolute atomic E-state index is 0.104. The first-order chi connectivity index (χ1) is 19.3. The monoisotopic (exact) mass is 613 g/mol. The molecular weight excluding hydrogens is 587 g/mol. The average Bonchev–Trinajstić information content (AvgIpc) is 3.77. The maximum atomic E-state index is 13.0. The summed E-state index contributed by atoms with van der Waals surface area (Å²) < 4.78 is 53.0. The van der Waals surface area contributed by atoms with E-state index in [9.17, 15) is 13.6 Å². The van der Waals surface area contributed by atoms with Crippen molar-refractivity contribution in [2.24, 2.45) is 5.92 Å². The summed E-state index contributed by atoms with van der Waals surface area (Å²) in [6.45, 7) is -2.65. The Hall–Kier alpha value is -2.95. The summed E-state index contributed by atoms with van der Waals surface area (Å²) in [5.74, 6) is 1.82. The van der Waals surface area contributed by atoms with Gasteiger partial charge in [0.05, 0.1) is 30.9 Å². The zero-order valence-electron chi connectivity index (χ0n) is 21.7. The topological polar surface area (TPSA) is 76.1 Å². The standard InChI is InChI=1S/C28H27Cl2F2NO6S/c1-35-22-7-5-17(9-25(22)36-2)15-40-28(34)39-24(11-19-20(29)12-33-13-21(19)30)18-6-8-23(38-27(31)32)26(10-18)37-14-16-3-4-16/h5-10,12-13,16,24,27H,3-4,11,14-15H2,1-2H3/t24-/m0/s1. The van der Waals surface area contributed by atoms with Crippen molar-refractivity contribution in [1.82, 2.24) is 4.98 Å². The number of carbonyl (C=O) groups is 1. The molecule has 7 nitrogen and oxygen atoms in total. The molecule has 2 aromatic carbocycles. The van der Waals surface area contributed by atoms with Gasteiger partial charge in [-0.1, -0.05) is 35.3 Å². The van der Waals surface area contributed by atoms with E-state index in [-0.39, 0.29) is 17.9 Å². The third-order valence-corrected chi connectivity index (χ3v) is 7.57. The molecular formula is C28H27Cl2F2NO6S. The minimum atomic E-state index is -3.02. The number of methoxy groups -OCH3 is 2. The molecule has 0 spiro atoms. The molecule has 0 unspecified atom stereocenters. The summed E-state index contributed by atoms with van der Waals surface area (Å²) in [5.41, 5.74) is 1.84. The van der Waals surface area contributed by atoms with Crippen molar-refractivity contribution in [3.05, 3.63) is 75.5 Å². The maximum absolute atomic E-state index is 13.0. The second-order valence-corrected chi connectivity index (χ2v) is 10.7. The van der Waals surface area contributed by atoms with Gasteiger partial charge in [-0.15, -0.1) is 0 Å². The van der Waals surface area contributed by atoms with Crippen LogP contribution in [0.1, 0.15) is 35.6 Å². The Balaban J connectivity index is 1.56. The van der Waals surface area contributed by atoms with Crippen molar-refractivity contribution < 1.29 is 37.3 Å². The Bertz CT molecular complexity index is 1310. The fourth-order valence-corrected chi connectivity index (χ4v) is 5.00. The SMILES string of the molecule is COc1ccc(CSC(=O)O[C@@H](Cc2c(Cl)cncc2Cl)c2ccc(OC(F)F)c(OCC3CC3)c2)cc1OC. The molecule has 1 aliphatic carbocycles. The average molecular weight is 614 g/mol. The molecule has 0 saturated heterocycles. The normalized spacial score (nSPS) is 13.6. The van der Waals surface area contributed by atoms with E-state index in [0.717, 1.165) is 30.2 Å². The number of rotatable bonds is 13. The molecule has 1 fully saturated rings. The van der Waals surface area contributed by atoms with Gasteiger partial charge in [0.15, 0.2) is 23.0 Å². The van der Waals surface area contributed by atoms with Crippen LogP contribution in [0.15, 0.2) is 48.8 Å². The highest BCUT2D eigenvalue weighted by molar-refractivity contribution is 8.12. The lowest BCUT2D eigenvalue weighted by Gasteiger charge is -2.21. The van der Waals surface area contributed by atoms with Gasteiger partial charge >= 0.3 is 11.9 Å². The van der Waals surface area contributed by atoms with Crippen molar-refractivity contribution in [2.75, 3.05) is 20.8 Å². The van der Waals surface area contributed by atoms with Crippen LogP contribution in [0, 0.1) is 5.92 Å². The van der Waals surface area contributed by atoms with E-state index < -0.39 is 18.0 Å². The molecule has 1 aromatic heterocycles. The van der Waals surface area contributed by atoms with E-state index in [4.69, 9.17) is 42.1 Å². The number of halogens is 4. The Morgan fingerprint density at radius 3 is 2.35 bits per heavy atom. The summed E-state index contributed by atoms with van der Waals surface area (Å²) in [4.78, 5) is 17.0. The quantitative estimate of drug-likeness (QED) is 0.179. The molecule has 3 aromatic rings. The fraction of sp³-hybridized carbons (Fsp3) is 0.357. The van der Waals surface area contributed by atoms with E-state index in [1.165, 1.54) is 25.6 Å². The molecule has 0 radical (unpaired) electrons. The van der Waals surface area contributed by atoms with Crippen LogP contribution < -0.4 is 18.9 Å². The number of benzene rings is 2. The minimum Gasteiger partial charge on any atom is -0.493 e. The highest BCUT2D eigenvalue weighted by Crippen LogP contribution is 2.38. The lowest BCUT2D eigenvalue weighted by Crippen LogP contribution is -2.13. The Labute approximate surface area is 245 Å². The molecule has 40 heavy (non-hydrogen) atoms. The number of thioether (sulfide) groups is 1. The molecule has 1 heterocycles. The van der Waals surface area contributed by atoms with E-state index in [1.807, 2.05) is 6.07 Å². The van der Waals surface area contributed by atoms with Gasteiger partial charge < -0.3 is 23.7 Å². The lowest BCUT2D eigenvalue weighted by molar-refractivity contribution is -0.0515. The number of hydrogen-bond donors (Lipinski definition) is 0. The first-order valence-corrected chi connectivity index (χ1v) is 14.0. The zero-order valence-corrected chi connectivity index (χ0v) is 24.0. The molecule has 0 N–H and O–H groups in total. The number of ether oxygens (including phenoxy) is 5. The molecule has 0 bridgehead atoms. The number of hydrogen-bond acceptors (Lipinski definition) is 8. The number of nitrogens with zero attached hydrogens (tertiary/aromatic N) is 1. The zero-order chi connectivity index (χ0) is 28.6. The van der Waals surface area contributed by atoms with Crippen molar-refractivity contribution in [2.45, 2.75) is 37.7 Å². The van der Waals surface area contributed by atoms with Crippen LogP contribution in [0.4, 0.5) is 13.6 Å². The van der Waals surface area contributed by atoms with Gasteiger partial charge in [-0.25, -0.2) is 4.79 Å². The van der Waals surface area contributed by atoms with Crippen LogP contribution in [0.25, 0.3) is 0 Å². The van der Waals surface area contributed by atoms with Crippen LogP contribution in [-0.4, -0.2) is 37.7 Å². The van der Waals surface area contributed by atoms with Crippen LogP contribution >= 0.6 is 35.0 Å². The molecule has 4 rings (SSSR count). The molecule has 0 aliphatic heterocycles. The Kier molecular flexibility index (Phi) is 10.6. The van der Waals surface area contributed by atoms with E-state index >= 15 is 0 Å². The van der Waals surface area contributed by atoms with Gasteiger partial charge in [0.2, 0.25) is 0 Å². The molecule has 1 saturated carbocycles. The smallest absolute Gasteiger partial charge is 0.387 e. The third kappa shape index (κ3) is 8.28. The predicted octanol–water partition coefficient (Wildman–Crippen LogP) is 8.15. The van der Waals surface area contributed by atoms with Gasteiger partial charge in [-0.05, 0) is 71.5 Å². The first kappa shape index (κ1) is 30.0. The van der Waals surface area contributed by atoms with Crippen molar-refractivity contribution in [3.63, 3.8) is 0 Å². The van der Waals surface area contributed by atoms with Gasteiger partial charge in [0, 0.05) is 24.6 Å². The lowest BCUT2D eigenvalue weighted by atomic mass is 10.0. The van der Waals surface area contributed by atoms with Gasteiger partial charge in [0.25, 0.3) is 0 Å². The van der Waals surface area contributed by atoms with E-state index in [0.29, 0.717) is 50.9 Å². The second-order valence-electron chi connectivity index (χ2n) is 8.96. The van der Waals surface area contributed by atoms with E-state index in [1.54, 1.807) is 31.4 Å². The Morgan fingerprint density at radius 2 is 1.70 bits per heavy atom. The van der Waals surface area contributed by atoms with Gasteiger partial charge in [-0.2, -0.15) is 8.78 Å². The number of carbonyl (C=O) groups excluding carboxylic acids is 1. The van der Waals surface area contributed by atoms with Crippen LogP contribution in [0.5, 0.6) is 23.0 Å². The van der Waals surface area contributed by atoms with Gasteiger partial charge in [-0.3, -0.25) is 4.98 Å². The predicted molar refractivity (Wildman–Crippen MR) is 149 cm³/mol. The molecule has 1 atom stereocenters. The summed E-state index contributed by atoms with van der Waals surface area (Å²) in [5, 5.41) is 0.0400.